The van der Waals surface area contributed by atoms with Gasteiger partial charge in [-0.25, -0.2) is 4.85 Å². The van der Waals surface area contributed by atoms with Crippen LogP contribution in [-0.4, -0.2) is 29.3 Å². The summed E-state index contributed by atoms with van der Waals surface area (Å²) >= 11 is 5.10. The number of aliphatic hydroxyl groups excluding tert-OH is 1. The largest absolute Gasteiger partial charge is 0.471 e. The first-order valence-corrected chi connectivity index (χ1v) is 7.32. The van der Waals surface area contributed by atoms with Gasteiger partial charge in [0.15, 0.2) is 0 Å². The van der Waals surface area contributed by atoms with Gasteiger partial charge in [0.05, 0.1) is 18.9 Å². The number of aromatic amines is 1. The molecule has 0 amide bonds. The maximum absolute atomic E-state index is 11.7. The summed E-state index contributed by atoms with van der Waals surface area (Å²) in [5.41, 5.74) is 3.54. The number of carbonyl (C=O) groups excluding carboxylic acids is 1. The molecule has 1 heterocycles. The van der Waals surface area contributed by atoms with Crippen LogP contribution in [0.5, 0.6) is 0 Å². The third-order valence-electron chi connectivity index (χ3n) is 3.12. The summed E-state index contributed by atoms with van der Waals surface area (Å²) in [6.07, 6.45) is 2.86. The average molecular weight is 539 g/mol. The van der Waals surface area contributed by atoms with Crippen LogP contribution in [0.15, 0.2) is 5.70 Å². The van der Waals surface area contributed by atoms with Crippen molar-refractivity contribution in [3.63, 3.8) is 0 Å². The zero-order valence-corrected chi connectivity index (χ0v) is 18.4. The Morgan fingerprint density at radius 3 is 2.73 bits per heavy atom. The monoisotopic (exact) mass is 538 g/mol. The molecule has 0 bridgehead atoms. The summed E-state index contributed by atoms with van der Waals surface area (Å²) < 4.78 is 4.85. The number of H-pyrrole nitrogens is 1. The van der Waals surface area contributed by atoms with E-state index in [0.29, 0.717) is 24.4 Å². The Balaban J connectivity index is 0.00000441. The molecule has 0 aromatic carbocycles. The van der Waals surface area contributed by atoms with E-state index in [2.05, 4.69) is 9.83 Å². The van der Waals surface area contributed by atoms with E-state index in [4.69, 9.17) is 28.0 Å². The summed E-state index contributed by atoms with van der Waals surface area (Å²) in [6.45, 7) is 11.0. The fourth-order valence-electron chi connectivity index (χ4n) is 2.06. The minimum absolute atomic E-state index is 0. The van der Waals surface area contributed by atoms with E-state index in [1.54, 1.807) is 6.92 Å². The third kappa shape index (κ3) is 5.70. The van der Waals surface area contributed by atoms with Gasteiger partial charge in [0, 0.05) is 56.4 Å². The maximum Gasteiger partial charge on any atom is 0.336 e. The SMILES string of the molecule is [Ac].[C-]#[N+]/C(=C\c1[nH]c(C[ClH+])c(CCCO)c1C)C(=O)OCC. The molecule has 0 atom stereocenters. The maximum atomic E-state index is 11.7. The molecule has 2 N–H and O–H groups in total. The molecule has 0 unspecified atom stereocenters. The van der Waals surface area contributed by atoms with Crippen LogP contribution in [0.25, 0.3) is 10.9 Å². The van der Waals surface area contributed by atoms with E-state index in [-0.39, 0.29) is 63.0 Å². The molecule has 0 fully saturated rings. The van der Waals surface area contributed by atoms with Crippen molar-refractivity contribution < 1.29 is 70.3 Å². The number of esters is 1. The standard InChI is InChI=1S/C15H19ClN2O3.Ac/c1-4-21-15(20)13(17-3)8-12-10(2)11(6-5-7-19)14(9-16)18-12;/h8,16,19H,4-7,9H2,1-2H3;/p+1. The predicted octanol–water partition coefficient (Wildman–Crippen LogP) is 1.85. The number of halogens is 1. The molecular weight excluding hydrogens is 519 g/mol. The van der Waals surface area contributed by atoms with Gasteiger partial charge in [-0.2, -0.15) is 0 Å². The number of carbonyl (C=O) groups is 1. The van der Waals surface area contributed by atoms with Gasteiger partial charge in [-0.15, -0.1) is 0 Å². The number of alkyl halides is 1. The van der Waals surface area contributed by atoms with Crippen LogP contribution in [-0.2, 0) is 21.8 Å². The Hall–Kier alpha value is -0.328. The molecule has 7 heteroatoms. The van der Waals surface area contributed by atoms with Gasteiger partial charge in [0.1, 0.15) is 11.6 Å². The first-order valence-electron chi connectivity index (χ1n) is 6.74. The van der Waals surface area contributed by atoms with Crippen molar-refractivity contribution in [1.82, 2.24) is 4.98 Å². The number of rotatable bonds is 7. The first-order chi connectivity index (χ1) is 10.1. The normalized spacial score (nSPS) is 10.8. The van der Waals surface area contributed by atoms with E-state index >= 15 is 0 Å². The fraction of sp³-hybridized carbons (Fsp3) is 0.467. The van der Waals surface area contributed by atoms with Crippen LogP contribution in [0.3, 0.4) is 0 Å². The van der Waals surface area contributed by atoms with Gasteiger partial charge in [-0.05, 0) is 43.9 Å². The van der Waals surface area contributed by atoms with Crippen molar-refractivity contribution >= 4 is 12.0 Å². The Labute approximate surface area is 171 Å². The van der Waals surface area contributed by atoms with Crippen LogP contribution in [0.2, 0.25) is 0 Å². The zero-order valence-electron chi connectivity index (χ0n) is 12.8. The molecular formula is C15H20AcClN2O3+. The first kappa shape index (κ1) is 21.7. The van der Waals surface area contributed by atoms with Crippen molar-refractivity contribution in [2.45, 2.75) is 32.6 Å². The Morgan fingerprint density at radius 2 is 2.23 bits per heavy atom. The molecule has 0 aliphatic heterocycles. The second-order valence-electron chi connectivity index (χ2n) is 4.45. The number of hydrogen-bond acceptors (Lipinski definition) is 3. The molecule has 5 nitrogen and oxygen atoms in total. The number of aliphatic hydroxyl groups is 1. The van der Waals surface area contributed by atoms with Gasteiger partial charge >= 0.3 is 5.97 Å². The van der Waals surface area contributed by atoms with E-state index in [0.717, 1.165) is 16.8 Å². The molecule has 1 aromatic rings. The van der Waals surface area contributed by atoms with E-state index in [9.17, 15) is 4.79 Å². The Morgan fingerprint density at radius 1 is 1.55 bits per heavy atom. The Bertz CT molecular complexity index is 576. The van der Waals surface area contributed by atoms with Crippen molar-refractivity contribution in [2.75, 3.05) is 13.2 Å². The van der Waals surface area contributed by atoms with Gasteiger partial charge in [0.2, 0.25) is 5.88 Å². The van der Waals surface area contributed by atoms with Gasteiger partial charge in [-0.1, -0.05) is 0 Å². The number of aromatic nitrogens is 1. The van der Waals surface area contributed by atoms with Crippen molar-refractivity contribution in [2.24, 2.45) is 0 Å². The van der Waals surface area contributed by atoms with Gasteiger partial charge in [-0.3, -0.25) is 4.79 Å². The smallest absolute Gasteiger partial charge is 0.336 e. The van der Waals surface area contributed by atoms with Crippen molar-refractivity contribution in [3.05, 3.63) is 39.6 Å². The van der Waals surface area contributed by atoms with Crippen molar-refractivity contribution in [3.8, 4) is 0 Å². The molecule has 0 aliphatic carbocycles. The molecule has 0 spiro atoms. The van der Waals surface area contributed by atoms with Crippen LogP contribution in [0.1, 0.15) is 35.9 Å². The zero-order chi connectivity index (χ0) is 15.8. The number of hydrogen-bond donors (Lipinski definition) is 2. The summed E-state index contributed by atoms with van der Waals surface area (Å²) in [4.78, 5) is 18.0. The van der Waals surface area contributed by atoms with Crippen LogP contribution >= 0.6 is 0 Å². The molecule has 1 aromatic heterocycles. The summed E-state index contributed by atoms with van der Waals surface area (Å²) in [6, 6.07) is 0. The number of nitrogens with zero attached hydrogens (tertiary/aromatic N) is 1. The molecule has 0 saturated heterocycles. The Kier molecular flexibility index (Phi) is 11.1. The summed E-state index contributed by atoms with van der Waals surface area (Å²) in [5.74, 6) is -0.208. The molecule has 0 aliphatic rings. The van der Waals surface area contributed by atoms with Crippen LogP contribution < -0.4 is 0 Å². The molecule has 1 rings (SSSR count). The summed E-state index contributed by atoms with van der Waals surface area (Å²) in [5, 5.41) is 8.96. The predicted molar refractivity (Wildman–Crippen MR) is 77.2 cm³/mol. The topological polar surface area (TPSA) is 66.7 Å². The summed E-state index contributed by atoms with van der Waals surface area (Å²) in [7, 11) is 0. The number of ether oxygens (including phenoxy) is 1. The molecule has 117 valence electrons. The molecule has 1 radical (unpaired) electrons. The minimum atomic E-state index is -0.627. The molecule has 0 saturated carbocycles. The van der Waals surface area contributed by atoms with Crippen LogP contribution in [0, 0.1) is 69.2 Å². The fourth-order valence-corrected chi connectivity index (χ4v) is 2.31. The minimum Gasteiger partial charge on any atom is -0.471 e. The second-order valence-corrected chi connectivity index (χ2v) is 4.74. The average Bonchev–Trinajstić information content (AvgIpc) is 2.78. The van der Waals surface area contributed by atoms with Crippen LogP contribution in [0.4, 0.5) is 0 Å². The third-order valence-corrected chi connectivity index (χ3v) is 3.41. The van der Waals surface area contributed by atoms with Crippen molar-refractivity contribution in [1.29, 1.82) is 0 Å². The second kappa shape index (κ2) is 11.2. The quantitative estimate of drug-likeness (QED) is 0.241. The number of nitrogens with one attached hydrogen (secondary N) is 1. The van der Waals surface area contributed by atoms with Gasteiger partial charge < -0.3 is 14.8 Å². The van der Waals surface area contributed by atoms with Gasteiger partial charge in [0.25, 0.3) is 5.70 Å². The van der Waals surface area contributed by atoms with E-state index in [1.165, 1.54) is 6.08 Å². The van der Waals surface area contributed by atoms with E-state index in [1.807, 2.05) is 6.92 Å². The van der Waals surface area contributed by atoms with E-state index < -0.39 is 5.97 Å². The molecule has 22 heavy (non-hydrogen) atoms.